The molecule has 100 valence electrons. The standard InChI is InChI=1S/C15H14Cl2O2/c16-13-9-12(18)10-14(17)15(13)19-8-4-7-11-5-2-1-3-6-11/h1-3,5-6,9-10,18H,4,7-8H2. The van der Waals surface area contributed by atoms with Crippen LogP contribution in [0.15, 0.2) is 42.5 Å². The summed E-state index contributed by atoms with van der Waals surface area (Å²) < 4.78 is 5.57. The monoisotopic (exact) mass is 296 g/mol. The lowest BCUT2D eigenvalue weighted by Crippen LogP contribution is -2.00. The number of phenols is 1. The Labute approximate surface area is 122 Å². The molecule has 0 spiro atoms. The van der Waals surface area contributed by atoms with Crippen molar-refractivity contribution in [1.82, 2.24) is 0 Å². The van der Waals surface area contributed by atoms with Crippen LogP contribution < -0.4 is 4.74 Å². The van der Waals surface area contributed by atoms with Gasteiger partial charge in [0.2, 0.25) is 0 Å². The summed E-state index contributed by atoms with van der Waals surface area (Å²) in [4.78, 5) is 0. The van der Waals surface area contributed by atoms with Crippen LogP contribution in [0.3, 0.4) is 0 Å². The highest BCUT2D eigenvalue weighted by Crippen LogP contribution is 2.36. The summed E-state index contributed by atoms with van der Waals surface area (Å²) in [6.45, 7) is 0.527. The lowest BCUT2D eigenvalue weighted by Gasteiger charge is -2.10. The number of rotatable bonds is 5. The van der Waals surface area contributed by atoms with Crippen LogP contribution in [0.2, 0.25) is 10.0 Å². The van der Waals surface area contributed by atoms with Crippen molar-refractivity contribution in [1.29, 1.82) is 0 Å². The first-order chi connectivity index (χ1) is 9.16. The first-order valence-corrected chi connectivity index (χ1v) is 6.77. The van der Waals surface area contributed by atoms with Crippen molar-refractivity contribution in [2.75, 3.05) is 6.61 Å². The molecular weight excluding hydrogens is 283 g/mol. The first kappa shape index (κ1) is 14.0. The zero-order valence-electron chi connectivity index (χ0n) is 10.3. The van der Waals surface area contributed by atoms with Gasteiger partial charge in [-0.15, -0.1) is 0 Å². The molecule has 0 heterocycles. The second kappa shape index (κ2) is 6.69. The van der Waals surface area contributed by atoms with E-state index in [0.717, 1.165) is 12.8 Å². The number of ether oxygens (including phenoxy) is 1. The van der Waals surface area contributed by atoms with Crippen LogP contribution in [-0.2, 0) is 6.42 Å². The molecule has 4 heteroatoms. The third-order valence-corrected chi connectivity index (χ3v) is 3.24. The molecule has 0 unspecified atom stereocenters. The maximum Gasteiger partial charge on any atom is 0.156 e. The minimum atomic E-state index is 0.0339. The van der Waals surface area contributed by atoms with Crippen LogP contribution in [0.1, 0.15) is 12.0 Å². The van der Waals surface area contributed by atoms with Gasteiger partial charge in [-0.2, -0.15) is 0 Å². The highest BCUT2D eigenvalue weighted by atomic mass is 35.5. The Morgan fingerprint density at radius 1 is 1.00 bits per heavy atom. The lowest BCUT2D eigenvalue weighted by molar-refractivity contribution is 0.311. The van der Waals surface area contributed by atoms with Gasteiger partial charge in [-0.1, -0.05) is 53.5 Å². The van der Waals surface area contributed by atoms with E-state index < -0.39 is 0 Å². The van der Waals surface area contributed by atoms with E-state index in [-0.39, 0.29) is 5.75 Å². The average Bonchev–Trinajstić information content (AvgIpc) is 2.38. The Kier molecular flexibility index (Phi) is 4.94. The molecule has 2 aromatic carbocycles. The van der Waals surface area contributed by atoms with Gasteiger partial charge in [0.1, 0.15) is 5.75 Å². The van der Waals surface area contributed by atoms with Gasteiger partial charge in [0.05, 0.1) is 16.7 Å². The Morgan fingerprint density at radius 2 is 1.63 bits per heavy atom. The summed E-state index contributed by atoms with van der Waals surface area (Å²) in [5.74, 6) is 0.459. The fourth-order valence-electron chi connectivity index (χ4n) is 1.78. The van der Waals surface area contributed by atoms with Crippen LogP contribution in [0, 0.1) is 0 Å². The highest BCUT2D eigenvalue weighted by Gasteiger charge is 2.09. The number of aromatic hydroxyl groups is 1. The van der Waals surface area contributed by atoms with Crippen molar-refractivity contribution in [3.05, 3.63) is 58.1 Å². The quantitative estimate of drug-likeness (QED) is 0.810. The molecule has 0 saturated heterocycles. The summed E-state index contributed by atoms with van der Waals surface area (Å²) in [7, 11) is 0. The number of aryl methyl sites for hydroxylation is 1. The van der Waals surface area contributed by atoms with Crippen LogP contribution >= 0.6 is 23.2 Å². The van der Waals surface area contributed by atoms with Crippen molar-refractivity contribution in [2.24, 2.45) is 0 Å². The van der Waals surface area contributed by atoms with E-state index >= 15 is 0 Å². The van der Waals surface area contributed by atoms with Gasteiger partial charge in [0.25, 0.3) is 0 Å². The van der Waals surface area contributed by atoms with E-state index in [9.17, 15) is 5.11 Å². The van der Waals surface area contributed by atoms with Crippen LogP contribution in [0.25, 0.3) is 0 Å². The van der Waals surface area contributed by atoms with Gasteiger partial charge in [-0.05, 0) is 18.4 Å². The van der Waals surface area contributed by atoms with Crippen molar-refractivity contribution in [3.8, 4) is 11.5 Å². The summed E-state index contributed by atoms with van der Waals surface area (Å²) in [5, 5.41) is 9.96. The second-order valence-corrected chi connectivity index (χ2v) is 4.99. The third kappa shape index (κ3) is 4.05. The summed E-state index contributed by atoms with van der Waals surface area (Å²) in [5.41, 5.74) is 1.27. The van der Waals surface area contributed by atoms with Gasteiger partial charge in [-0.3, -0.25) is 0 Å². The Morgan fingerprint density at radius 3 is 2.26 bits per heavy atom. The number of benzene rings is 2. The smallest absolute Gasteiger partial charge is 0.156 e. The van der Waals surface area contributed by atoms with Gasteiger partial charge in [0.15, 0.2) is 5.75 Å². The van der Waals surface area contributed by atoms with Crippen molar-refractivity contribution in [3.63, 3.8) is 0 Å². The molecule has 0 bridgehead atoms. The molecule has 0 atom stereocenters. The molecule has 0 saturated carbocycles. The number of hydrogen-bond acceptors (Lipinski definition) is 2. The summed E-state index contributed by atoms with van der Waals surface area (Å²) in [6, 6.07) is 13.0. The maximum absolute atomic E-state index is 9.31. The van der Waals surface area contributed by atoms with Crippen LogP contribution in [-0.4, -0.2) is 11.7 Å². The Hall–Kier alpha value is -1.38. The Bertz CT molecular complexity index is 518. The molecule has 19 heavy (non-hydrogen) atoms. The van der Waals surface area contributed by atoms with E-state index in [2.05, 4.69) is 12.1 Å². The Balaban J connectivity index is 1.86. The van der Waals surface area contributed by atoms with E-state index in [4.69, 9.17) is 27.9 Å². The van der Waals surface area contributed by atoms with Gasteiger partial charge in [0, 0.05) is 12.1 Å². The number of phenolic OH excluding ortho intramolecular Hbond substituents is 1. The molecule has 1 N–H and O–H groups in total. The molecule has 2 aromatic rings. The molecule has 0 aromatic heterocycles. The van der Waals surface area contributed by atoms with Crippen molar-refractivity contribution in [2.45, 2.75) is 12.8 Å². The zero-order chi connectivity index (χ0) is 13.7. The molecule has 0 radical (unpaired) electrons. The fraction of sp³-hybridized carbons (Fsp3) is 0.200. The molecular formula is C15H14Cl2O2. The SMILES string of the molecule is Oc1cc(Cl)c(OCCCc2ccccc2)c(Cl)c1. The van der Waals surface area contributed by atoms with Crippen LogP contribution in [0.5, 0.6) is 11.5 Å². The van der Waals surface area contributed by atoms with Gasteiger partial charge < -0.3 is 9.84 Å². The van der Waals surface area contributed by atoms with Crippen molar-refractivity contribution >= 4 is 23.2 Å². The second-order valence-electron chi connectivity index (χ2n) is 4.18. The maximum atomic E-state index is 9.31. The summed E-state index contributed by atoms with van der Waals surface area (Å²) >= 11 is 11.9. The van der Waals surface area contributed by atoms with Crippen LogP contribution in [0.4, 0.5) is 0 Å². The van der Waals surface area contributed by atoms with E-state index in [1.807, 2.05) is 18.2 Å². The van der Waals surface area contributed by atoms with Gasteiger partial charge >= 0.3 is 0 Å². The van der Waals surface area contributed by atoms with E-state index in [1.165, 1.54) is 17.7 Å². The highest BCUT2D eigenvalue weighted by molar-refractivity contribution is 6.37. The predicted molar refractivity (Wildman–Crippen MR) is 78.4 cm³/mol. The first-order valence-electron chi connectivity index (χ1n) is 6.01. The molecule has 2 rings (SSSR count). The molecule has 2 nitrogen and oxygen atoms in total. The lowest BCUT2D eigenvalue weighted by atomic mass is 10.1. The average molecular weight is 297 g/mol. The zero-order valence-corrected chi connectivity index (χ0v) is 11.8. The molecule has 0 aliphatic heterocycles. The van der Waals surface area contributed by atoms with E-state index in [1.54, 1.807) is 0 Å². The molecule has 0 aliphatic carbocycles. The normalized spacial score (nSPS) is 10.4. The topological polar surface area (TPSA) is 29.5 Å². The van der Waals surface area contributed by atoms with Crippen molar-refractivity contribution < 1.29 is 9.84 Å². The molecule has 0 amide bonds. The number of halogens is 2. The predicted octanol–water partition coefficient (Wildman–Crippen LogP) is 4.71. The molecule has 0 fully saturated rings. The number of hydrogen-bond donors (Lipinski definition) is 1. The third-order valence-electron chi connectivity index (χ3n) is 2.68. The van der Waals surface area contributed by atoms with Gasteiger partial charge in [-0.25, -0.2) is 0 Å². The minimum absolute atomic E-state index is 0.0339. The molecule has 0 aliphatic rings. The summed E-state index contributed by atoms with van der Waals surface area (Å²) in [6.07, 6.45) is 1.81. The fourth-order valence-corrected chi connectivity index (χ4v) is 2.36. The largest absolute Gasteiger partial charge is 0.508 e. The van der Waals surface area contributed by atoms with E-state index in [0.29, 0.717) is 22.4 Å². The minimum Gasteiger partial charge on any atom is -0.508 e.